The molecular weight excluding hydrogens is 544 g/mol. The number of carbonyl (C=O) groups is 3. The molecule has 1 N–H and O–H groups in total. The quantitative estimate of drug-likeness (QED) is 0.147. The van der Waals surface area contributed by atoms with Crippen LogP contribution in [0.25, 0.3) is 0 Å². The highest BCUT2D eigenvalue weighted by molar-refractivity contribution is 6.25. The molecule has 1 fully saturated rings. The topological polar surface area (TPSA) is 122 Å². The predicted molar refractivity (Wildman–Crippen MR) is 159 cm³/mol. The van der Waals surface area contributed by atoms with E-state index in [2.05, 4.69) is 10.5 Å². The van der Waals surface area contributed by atoms with Gasteiger partial charge in [0.05, 0.1) is 22.2 Å². The average molecular weight is 571 g/mol. The SMILES string of the molecule is O=C(CCc1ccccc1)N/N=C\C12c3ccccc3C(c3ccccc31)[C@@H]1C(=O)N(c3ccccc3[N+](=O)[O-])C(=O)[C@H]12. The van der Waals surface area contributed by atoms with E-state index in [-0.39, 0.29) is 23.7 Å². The second-order valence-corrected chi connectivity index (χ2v) is 11.1. The van der Waals surface area contributed by atoms with Gasteiger partial charge in [0.1, 0.15) is 5.69 Å². The van der Waals surface area contributed by atoms with Crippen LogP contribution in [0, 0.1) is 22.0 Å². The Morgan fingerprint density at radius 1 is 0.860 bits per heavy atom. The monoisotopic (exact) mass is 570 g/mol. The van der Waals surface area contributed by atoms with Crippen LogP contribution in [0.2, 0.25) is 0 Å². The Morgan fingerprint density at radius 2 is 1.47 bits per heavy atom. The summed E-state index contributed by atoms with van der Waals surface area (Å²) in [5.41, 5.74) is 5.56. The number of anilines is 1. The number of benzene rings is 4. The van der Waals surface area contributed by atoms with Crippen molar-refractivity contribution in [1.82, 2.24) is 5.43 Å². The van der Waals surface area contributed by atoms with E-state index >= 15 is 0 Å². The van der Waals surface area contributed by atoms with Crippen molar-refractivity contribution in [1.29, 1.82) is 0 Å². The molecular formula is C34H26N4O5. The summed E-state index contributed by atoms with van der Waals surface area (Å²) in [5.74, 6) is -3.44. The summed E-state index contributed by atoms with van der Waals surface area (Å²) in [4.78, 5) is 53.8. The van der Waals surface area contributed by atoms with Crippen LogP contribution in [-0.4, -0.2) is 28.9 Å². The van der Waals surface area contributed by atoms with E-state index in [1.165, 1.54) is 18.2 Å². The first kappa shape index (κ1) is 26.5. The van der Waals surface area contributed by atoms with E-state index in [4.69, 9.17) is 0 Å². The molecule has 4 aromatic carbocycles. The fraction of sp³-hybridized carbons (Fsp3) is 0.176. The van der Waals surface area contributed by atoms with Gasteiger partial charge in [0.2, 0.25) is 17.7 Å². The highest BCUT2D eigenvalue weighted by atomic mass is 16.6. The van der Waals surface area contributed by atoms with E-state index in [1.807, 2.05) is 78.9 Å². The summed E-state index contributed by atoms with van der Waals surface area (Å²) >= 11 is 0. The molecule has 0 unspecified atom stereocenters. The third-order valence-electron chi connectivity index (χ3n) is 8.94. The molecule has 9 nitrogen and oxygen atoms in total. The maximum Gasteiger partial charge on any atom is 0.293 e. The van der Waals surface area contributed by atoms with Gasteiger partial charge in [-0.2, -0.15) is 5.10 Å². The Hall–Kier alpha value is -5.44. The second-order valence-electron chi connectivity index (χ2n) is 11.1. The molecule has 4 aliphatic rings. The lowest BCUT2D eigenvalue weighted by molar-refractivity contribution is -0.384. The van der Waals surface area contributed by atoms with Crippen LogP contribution < -0.4 is 10.3 Å². The minimum absolute atomic E-state index is 0.0503. The van der Waals surface area contributed by atoms with Gasteiger partial charge in [-0.25, -0.2) is 10.3 Å². The molecule has 0 aromatic heterocycles. The molecule has 1 aliphatic heterocycles. The van der Waals surface area contributed by atoms with E-state index in [0.717, 1.165) is 32.7 Å². The molecule has 43 heavy (non-hydrogen) atoms. The molecule has 2 bridgehead atoms. The average Bonchev–Trinajstić information content (AvgIpc) is 3.31. The van der Waals surface area contributed by atoms with Crippen LogP contribution in [0.4, 0.5) is 11.4 Å². The van der Waals surface area contributed by atoms with E-state index in [1.54, 1.807) is 12.3 Å². The van der Waals surface area contributed by atoms with Crippen LogP contribution in [-0.2, 0) is 26.2 Å². The fourth-order valence-corrected chi connectivity index (χ4v) is 7.26. The minimum atomic E-state index is -1.19. The number of nitrogens with one attached hydrogen (secondary N) is 1. The maximum atomic E-state index is 14.4. The number of nitro benzene ring substituents is 1. The number of nitrogens with zero attached hydrogens (tertiary/aromatic N) is 3. The van der Waals surface area contributed by atoms with Gasteiger partial charge in [-0.3, -0.25) is 24.5 Å². The van der Waals surface area contributed by atoms with Crippen molar-refractivity contribution in [2.45, 2.75) is 24.2 Å². The van der Waals surface area contributed by atoms with Crippen molar-refractivity contribution in [3.63, 3.8) is 0 Å². The Labute approximate surface area is 247 Å². The van der Waals surface area contributed by atoms with Crippen LogP contribution in [0.1, 0.15) is 40.2 Å². The minimum Gasteiger partial charge on any atom is -0.274 e. The van der Waals surface area contributed by atoms with Crippen LogP contribution >= 0.6 is 0 Å². The number of hydrogen-bond acceptors (Lipinski definition) is 6. The smallest absolute Gasteiger partial charge is 0.274 e. The molecule has 1 heterocycles. The molecule has 9 heteroatoms. The number of imide groups is 1. The lowest BCUT2D eigenvalue weighted by Gasteiger charge is -2.52. The highest BCUT2D eigenvalue weighted by Gasteiger charge is 2.68. The van der Waals surface area contributed by atoms with Gasteiger partial charge in [0.25, 0.3) is 5.69 Å². The molecule has 212 valence electrons. The van der Waals surface area contributed by atoms with Crippen molar-refractivity contribution < 1.29 is 19.3 Å². The van der Waals surface area contributed by atoms with Crippen molar-refractivity contribution in [3.05, 3.63) is 141 Å². The van der Waals surface area contributed by atoms with Crippen LogP contribution in [0.5, 0.6) is 0 Å². The Balaban J connectivity index is 1.33. The van der Waals surface area contributed by atoms with Crippen molar-refractivity contribution in [3.8, 4) is 0 Å². The standard InChI is InChI=1S/C34H26N4O5/c39-28(19-18-21-10-2-1-3-11-21)36-35-20-34-24-14-6-4-12-22(24)29(23-13-5-7-15-25(23)34)30-31(34)33(41)37(32(30)40)26-16-8-9-17-27(26)38(42)43/h1-17,20,29-31H,18-19H2,(H,36,39)/b35-20-/t29?,30-,31-,34?/m0/s1. The van der Waals surface area contributed by atoms with Gasteiger partial charge >= 0.3 is 0 Å². The van der Waals surface area contributed by atoms with Crippen molar-refractivity contribution in [2.75, 3.05) is 4.90 Å². The number of carbonyl (C=O) groups excluding carboxylic acids is 3. The van der Waals surface area contributed by atoms with E-state index in [0.29, 0.717) is 6.42 Å². The lowest BCUT2D eigenvalue weighted by Crippen LogP contribution is -2.54. The highest BCUT2D eigenvalue weighted by Crippen LogP contribution is 2.63. The fourth-order valence-electron chi connectivity index (χ4n) is 7.26. The van der Waals surface area contributed by atoms with Crippen molar-refractivity contribution >= 4 is 35.3 Å². The zero-order chi connectivity index (χ0) is 29.7. The molecule has 1 saturated heterocycles. The number of para-hydroxylation sites is 2. The summed E-state index contributed by atoms with van der Waals surface area (Å²) < 4.78 is 0. The zero-order valence-electron chi connectivity index (χ0n) is 22.9. The molecule has 0 spiro atoms. The van der Waals surface area contributed by atoms with Crippen molar-refractivity contribution in [2.24, 2.45) is 16.9 Å². The molecule has 8 rings (SSSR count). The number of aryl methyl sites for hydroxylation is 1. The van der Waals surface area contributed by atoms with Crippen LogP contribution in [0.3, 0.4) is 0 Å². The summed E-state index contributed by atoms with van der Waals surface area (Å²) in [6.45, 7) is 0. The Bertz CT molecular complexity index is 1790. The van der Waals surface area contributed by atoms with Gasteiger partial charge in [0.15, 0.2) is 0 Å². The second kappa shape index (κ2) is 10.1. The molecule has 3 amide bonds. The summed E-state index contributed by atoms with van der Waals surface area (Å²) in [6, 6.07) is 30.8. The molecule has 2 atom stereocenters. The van der Waals surface area contributed by atoms with Gasteiger partial charge in [-0.05, 0) is 40.3 Å². The normalized spacial score (nSPS) is 23.2. The molecule has 4 aromatic rings. The largest absolute Gasteiger partial charge is 0.293 e. The third-order valence-corrected chi connectivity index (χ3v) is 8.94. The molecule has 0 saturated carbocycles. The number of amides is 3. The first-order chi connectivity index (χ1) is 20.9. The zero-order valence-corrected chi connectivity index (χ0v) is 22.9. The molecule has 0 radical (unpaired) electrons. The van der Waals surface area contributed by atoms with E-state index in [9.17, 15) is 24.5 Å². The number of rotatable bonds is 7. The summed E-state index contributed by atoms with van der Waals surface area (Å²) in [7, 11) is 0. The predicted octanol–water partition coefficient (Wildman–Crippen LogP) is 4.88. The number of hydrogen-bond donors (Lipinski definition) is 1. The first-order valence-electron chi connectivity index (χ1n) is 14.1. The van der Waals surface area contributed by atoms with Gasteiger partial charge in [0, 0.05) is 24.6 Å². The first-order valence-corrected chi connectivity index (χ1v) is 14.1. The Kier molecular flexibility index (Phi) is 6.23. The Morgan fingerprint density at radius 3 is 2.14 bits per heavy atom. The maximum absolute atomic E-state index is 14.4. The van der Waals surface area contributed by atoms with Gasteiger partial charge in [-0.15, -0.1) is 0 Å². The van der Waals surface area contributed by atoms with E-state index < -0.39 is 39.9 Å². The lowest BCUT2D eigenvalue weighted by atomic mass is 9.47. The van der Waals surface area contributed by atoms with Gasteiger partial charge < -0.3 is 0 Å². The summed E-state index contributed by atoms with van der Waals surface area (Å²) in [6.07, 6.45) is 2.36. The van der Waals surface area contributed by atoms with Gasteiger partial charge in [-0.1, -0.05) is 91.0 Å². The number of hydrazone groups is 1. The van der Waals surface area contributed by atoms with Crippen LogP contribution in [0.15, 0.2) is 108 Å². The third kappa shape index (κ3) is 3.92. The molecule has 3 aliphatic carbocycles. The summed E-state index contributed by atoms with van der Waals surface area (Å²) in [5, 5.41) is 16.3. The number of nitro groups is 1.